The third kappa shape index (κ3) is 4.84. The molecule has 5 nitrogen and oxygen atoms in total. The van der Waals surface area contributed by atoms with Crippen LogP contribution in [0.4, 0.5) is 0 Å². The minimum absolute atomic E-state index is 0.171. The highest BCUT2D eigenvalue weighted by molar-refractivity contribution is 5.91. The largest absolute Gasteiger partial charge is 0.471 e. The zero-order chi connectivity index (χ0) is 17.9. The van der Waals surface area contributed by atoms with E-state index in [4.69, 9.17) is 9.26 Å². The SMILES string of the molecule is CC1CC(NC(=O)c2cc(OCc3ccccc3)no2)CC(C)(C)C1. The predicted octanol–water partition coefficient (Wildman–Crippen LogP) is 4.20. The van der Waals surface area contributed by atoms with E-state index in [0.717, 1.165) is 18.4 Å². The van der Waals surface area contributed by atoms with Crippen LogP contribution in [0.15, 0.2) is 40.9 Å². The Kier molecular flexibility index (Phi) is 5.11. The fourth-order valence-corrected chi connectivity index (χ4v) is 3.88. The van der Waals surface area contributed by atoms with Gasteiger partial charge in [0.15, 0.2) is 0 Å². The van der Waals surface area contributed by atoms with Crippen LogP contribution >= 0.6 is 0 Å². The summed E-state index contributed by atoms with van der Waals surface area (Å²) in [5.41, 5.74) is 1.29. The quantitative estimate of drug-likeness (QED) is 0.884. The third-order valence-corrected chi connectivity index (χ3v) is 4.66. The lowest BCUT2D eigenvalue weighted by Crippen LogP contribution is -2.42. The van der Waals surface area contributed by atoms with Crippen LogP contribution in [-0.2, 0) is 6.61 Å². The molecule has 5 heteroatoms. The van der Waals surface area contributed by atoms with E-state index in [0.29, 0.717) is 18.4 Å². The van der Waals surface area contributed by atoms with Crippen molar-refractivity contribution in [3.63, 3.8) is 0 Å². The summed E-state index contributed by atoms with van der Waals surface area (Å²) in [6, 6.07) is 11.5. The average Bonchev–Trinajstić information content (AvgIpc) is 3.01. The van der Waals surface area contributed by atoms with Crippen molar-refractivity contribution in [2.45, 2.75) is 52.7 Å². The van der Waals surface area contributed by atoms with Crippen molar-refractivity contribution in [2.75, 3.05) is 0 Å². The molecule has 134 valence electrons. The molecular formula is C20H26N2O3. The zero-order valence-corrected chi connectivity index (χ0v) is 15.1. The van der Waals surface area contributed by atoms with Crippen LogP contribution in [0.1, 0.15) is 56.2 Å². The number of carbonyl (C=O) groups excluding carboxylic acids is 1. The molecule has 1 aromatic carbocycles. The molecule has 3 rings (SSSR count). The van der Waals surface area contributed by atoms with Gasteiger partial charge in [0.05, 0.1) is 6.07 Å². The highest BCUT2D eigenvalue weighted by Gasteiger charge is 2.33. The van der Waals surface area contributed by atoms with Crippen LogP contribution in [-0.4, -0.2) is 17.1 Å². The van der Waals surface area contributed by atoms with Gasteiger partial charge in [0, 0.05) is 6.04 Å². The summed E-state index contributed by atoms with van der Waals surface area (Å²) in [6.07, 6.45) is 3.18. The van der Waals surface area contributed by atoms with Gasteiger partial charge >= 0.3 is 0 Å². The number of nitrogens with one attached hydrogen (secondary N) is 1. The molecule has 2 aromatic rings. The number of nitrogens with zero attached hydrogens (tertiary/aromatic N) is 1. The Labute approximate surface area is 148 Å². The van der Waals surface area contributed by atoms with Crippen molar-refractivity contribution in [1.29, 1.82) is 0 Å². The van der Waals surface area contributed by atoms with Gasteiger partial charge in [0.1, 0.15) is 6.61 Å². The Hall–Kier alpha value is -2.30. The normalized spacial score (nSPS) is 22.4. The van der Waals surface area contributed by atoms with E-state index in [9.17, 15) is 4.79 Å². The Bertz CT molecular complexity index is 709. The van der Waals surface area contributed by atoms with Crippen molar-refractivity contribution in [3.05, 3.63) is 47.7 Å². The number of ether oxygens (including phenoxy) is 1. The zero-order valence-electron chi connectivity index (χ0n) is 15.1. The average molecular weight is 342 g/mol. The number of hydrogen-bond acceptors (Lipinski definition) is 4. The summed E-state index contributed by atoms with van der Waals surface area (Å²) < 4.78 is 10.7. The van der Waals surface area contributed by atoms with E-state index < -0.39 is 0 Å². The molecule has 0 saturated heterocycles. The number of rotatable bonds is 5. The van der Waals surface area contributed by atoms with Gasteiger partial charge in [-0.2, -0.15) is 0 Å². The molecule has 0 aliphatic heterocycles. The summed E-state index contributed by atoms with van der Waals surface area (Å²) in [4.78, 5) is 12.4. The van der Waals surface area contributed by atoms with E-state index in [-0.39, 0.29) is 23.1 Å². The minimum atomic E-state index is -0.225. The van der Waals surface area contributed by atoms with Gasteiger partial charge < -0.3 is 14.6 Å². The molecule has 1 amide bonds. The lowest BCUT2D eigenvalue weighted by Gasteiger charge is -2.39. The van der Waals surface area contributed by atoms with Crippen molar-refractivity contribution in [3.8, 4) is 5.88 Å². The maximum Gasteiger partial charge on any atom is 0.290 e. The molecule has 2 atom stereocenters. The molecule has 0 bridgehead atoms. The summed E-state index contributed by atoms with van der Waals surface area (Å²) in [5, 5.41) is 6.91. The fraction of sp³-hybridized carbons (Fsp3) is 0.500. The van der Waals surface area contributed by atoms with Gasteiger partial charge in [-0.1, -0.05) is 51.1 Å². The number of benzene rings is 1. The van der Waals surface area contributed by atoms with E-state index in [1.807, 2.05) is 30.3 Å². The summed E-state index contributed by atoms with van der Waals surface area (Å²) in [5.74, 6) is 0.899. The number of hydrogen-bond donors (Lipinski definition) is 1. The van der Waals surface area contributed by atoms with Crippen LogP contribution in [0.3, 0.4) is 0 Å². The molecule has 1 aromatic heterocycles. The first kappa shape index (κ1) is 17.5. The first-order valence-corrected chi connectivity index (χ1v) is 8.85. The Morgan fingerprint density at radius 1 is 1.32 bits per heavy atom. The second-order valence-corrected chi connectivity index (χ2v) is 7.89. The summed E-state index contributed by atoms with van der Waals surface area (Å²) in [7, 11) is 0. The smallest absolute Gasteiger partial charge is 0.290 e. The monoisotopic (exact) mass is 342 g/mol. The molecule has 1 aliphatic rings. The van der Waals surface area contributed by atoms with Crippen LogP contribution in [0.5, 0.6) is 5.88 Å². The lowest BCUT2D eigenvalue weighted by atomic mass is 9.70. The molecule has 0 radical (unpaired) electrons. The number of carbonyl (C=O) groups is 1. The highest BCUT2D eigenvalue weighted by Crippen LogP contribution is 2.38. The first-order valence-electron chi connectivity index (χ1n) is 8.85. The molecule has 2 unspecified atom stereocenters. The van der Waals surface area contributed by atoms with Gasteiger partial charge in [-0.15, -0.1) is 0 Å². The number of aromatic nitrogens is 1. The fourth-order valence-electron chi connectivity index (χ4n) is 3.88. The Balaban J connectivity index is 1.55. The van der Waals surface area contributed by atoms with Crippen LogP contribution in [0, 0.1) is 11.3 Å². The maximum absolute atomic E-state index is 12.4. The summed E-state index contributed by atoms with van der Waals surface area (Å²) >= 11 is 0. The Morgan fingerprint density at radius 3 is 2.80 bits per heavy atom. The van der Waals surface area contributed by atoms with Crippen LogP contribution < -0.4 is 10.1 Å². The molecule has 1 N–H and O–H groups in total. The Morgan fingerprint density at radius 2 is 2.08 bits per heavy atom. The molecule has 0 spiro atoms. The van der Waals surface area contributed by atoms with Gasteiger partial charge in [0.2, 0.25) is 5.76 Å². The molecule has 25 heavy (non-hydrogen) atoms. The van der Waals surface area contributed by atoms with Crippen LogP contribution in [0.2, 0.25) is 0 Å². The van der Waals surface area contributed by atoms with Gasteiger partial charge in [-0.25, -0.2) is 0 Å². The third-order valence-electron chi connectivity index (χ3n) is 4.66. The standard InChI is InChI=1S/C20H26N2O3/c1-14-9-16(12-20(2,3)11-14)21-19(23)17-10-18(22-25-17)24-13-15-7-5-4-6-8-15/h4-8,10,14,16H,9,11-13H2,1-3H3,(H,21,23). The molecular weight excluding hydrogens is 316 g/mol. The number of amides is 1. The lowest BCUT2D eigenvalue weighted by molar-refractivity contribution is 0.0838. The van der Waals surface area contributed by atoms with Gasteiger partial charge in [0.25, 0.3) is 11.8 Å². The minimum Gasteiger partial charge on any atom is -0.471 e. The topological polar surface area (TPSA) is 64.4 Å². The summed E-state index contributed by atoms with van der Waals surface area (Å²) in [6.45, 7) is 7.14. The van der Waals surface area contributed by atoms with Crippen molar-refractivity contribution < 1.29 is 14.1 Å². The highest BCUT2D eigenvalue weighted by atomic mass is 16.5. The van der Waals surface area contributed by atoms with E-state index in [1.165, 1.54) is 6.42 Å². The van der Waals surface area contributed by atoms with E-state index in [2.05, 4.69) is 31.2 Å². The second-order valence-electron chi connectivity index (χ2n) is 7.89. The van der Waals surface area contributed by atoms with Gasteiger partial charge in [-0.05, 0) is 41.3 Å². The van der Waals surface area contributed by atoms with Crippen molar-refractivity contribution >= 4 is 5.91 Å². The predicted molar refractivity (Wildman–Crippen MR) is 95.3 cm³/mol. The van der Waals surface area contributed by atoms with Crippen molar-refractivity contribution in [1.82, 2.24) is 10.5 Å². The van der Waals surface area contributed by atoms with E-state index >= 15 is 0 Å². The maximum atomic E-state index is 12.4. The molecule has 1 aliphatic carbocycles. The van der Waals surface area contributed by atoms with Gasteiger partial charge in [-0.3, -0.25) is 4.79 Å². The second kappa shape index (κ2) is 7.30. The van der Waals surface area contributed by atoms with Crippen molar-refractivity contribution in [2.24, 2.45) is 11.3 Å². The molecule has 1 saturated carbocycles. The first-order chi connectivity index (χ1) is 11.9. The molecule has 1 fully saturated rings. The molecule has 1 heterocycles. The van der Waals surface area contributed by atoms with Crippen LogP contribution in [0.25, 0.3) is 0 Å². The van der Waals surface area contributed by atoms with E-state index in [1.54, 1.807) is 6.07 Å².